The Balaban J connectivity index is 3.25. The van der Waals surface area contributed by atoms with Crippen molar-refractivity contribution < 1.29 is 13.5 Å². The summed E-state index contributed by atoms with van der Waals surface area (Å²) in [6, 6.07) is -0.0302. The van der Waals surface area contributed by atoms with Crippen LogP contribution in [-0.4, -0.2) is 30.4 Å². The summed E-state index contributed by atoms with van der Waals surface area (Å²) >= 11 is 1.31. The fourth-order valence-corrected chi connectivity index (χ4v) is 5.51. The summed E-state index contributed by atoms with van der Waals surface area (Å²) in [6.07, 6.45) is 2.58. The largest absolute Gasteiger partial charge is 0.391 e. The average molecular weight is 319 g/mol. The molecule has 0 aliphatic carbocycles. The predicted molar refractivity (Wildman–Crippen MR) is 83.5 cm³/mol. The fourth-order valence-electron chi connectivity index (χ4n) is 2.16. The number of sulfonamides is 1. The van der Waals surface area contributed by atoms with Crippen LogP contribution < -0.4 is 0 Å². The van der Waals surface area contributed by atoms with E-state index in [4.69, 9.17) is 0 Å². The molecule has 0 saturated heterocycles. The van der Waals surface area contributed by atoms with Gasteiger partial charge in [-0.2, -0.15) is 4.31 Å². The Morgan fingerprint density at radius 1 is 1.40 bits per heavy atom. The zero-order chi connectivity index (χ0) is 15.3. The van der Waals surface area contributed by atoms with E-state index in [1.807, 2.05) is 13.8 Å². The van der Waals surface area contributed by atoms with Crippen LogP contribution in [0.4, 0.5) is 0 Å². The molecule has 1 rings (SSSR count). The van der Waals surface area contributed by atoms with Crippen LogP contribution in [0.2, 0.25) is 0 Å². The third kappa shape index (κ3) is 3.61. The number of hydrogen-bond donors (Lipinski definition) is 1. The minimum atomic E-state index is -3.53. The fraction of sp³-hybridized carbons (Fsp3) is 0.714. The molecule has 1 heterocycles. The monoisotopic (exact) mass is 319 g/mol. The highest BCUT2D eigenvalue weighted by atomic mass is 32.2. The maximum atomic E-state index is 12.9. The molecule has 6 heteroatoms. The van der Waals surface area contributed by atoms with Crippen molar-refractivity contribution in [1.82, 2.24) is 4.31 Å². The van der Waals surface area contributed by atoms with Crippen LogP contribution in [0.3, 0.4) is 0 Å². The van der Waals surface area contributed by atoms with Crippen molar-refractivity contribution in [3.63, 3.8) is 0 Å². The number of aliphatic hydroxyl groups is 1. The van der Waals surface area contributed by atoms with Gasteiger partial charge in [0.25, 0.3) is 0 Å². The summed E-state index contributed by atoms with van der Waals surface area (Å²) in [5.41, 5.74) is 0.726. The third-order valence-corrected chi connectivity index (χ3v) is 6.98. The lowest BCUT2D eigenvalue weighted by molar-refractivity contribution is 0.281. The number of nitrogens with zero attached hydrogens (tertiary/aromatic N) is 1. The summed E-state index contributed by atoms with van der Waals surface area (Å²) in [7, 11) is -3.53. The standard InChI is InChI=1S/C14H25NO3S2/c1-5-7-8-15(12(4)6-2)20(17,18)14-11(3)10-19-13(14)9-16/h10,12,16H,5-9H2,1-4H3. The lowest BCUT2D eigenvalue weighted by Gasteiger charge is -2.28. The van der Waals surface area contributed by atoms with Crippen molar-refractivity contribution in [3.05, 3.63) is 15.8 Å². The second-order valence-corrected chi connectivity index (χ2v) is 7.85. The van der Waals surface area contributed by atoms with Gasteiger partial charge in [-0.1, -0.05) is 20.3 Å². The Hall–Kier alpha value is -0.430. The van der Waals surface area contributed by atoms with Crippen molar-refractivity contribution >= 4 is 21.4 Å². The minimum Gasteiger partial charge on any atom is -0.391 e. The van der Waals surface area contributed by atoms with Crippen LogP contribution in [-0.2, 0) is 16.6 Å². The minimum absolute atomic E-state index is 0.0302. The van der Waals surface area contributed by atoms with E-state index in [9.17, 15) is 13.5 Å². The van der Waals surface area contributed by atoms with Crippen LogP contribution in [0.5, 0.6) is 0 Å². The smallest absolute Gasteiger partial charge is 0.244 e. The molecule has 1 aromatic heterocycles. The molecule has 1 aromatic rings. The van der Waals surface area contributed by atoms with E-state index in [0.717, 1.165) is 24.8 Å². The number of rotatable bonds is 8. The van der Waals surface area contributed by atoms with E-state index in [1.165, 1.54) is 11.3 Å². The van der Waals surface area contributed by atoms with Crippen molar-refractivity contribution in [2.45, 2.75) is 64.5 Å². The van der Waals surface area contributed by atoms with Gasteiger partial charge in [-0.25, -0.2) is 8.42 Å². The third-order valence-electron chi connectivity index (χ3n) is 3.51. The Labute approximate surface area is 126 Å². The Kier molecular flexibility index (Phi) is 6.64. The SMILES string of the molecule is CCCCN(C(C)CC)S(=O)(=O)c1c(C)csc1CO. The normalized spacial score (nSPS) is 13.9. The van der Waals surface area contributed by atoms with Gasteiger partial charge in [-0.15, -0.1) is 11.3 Å². The first kappa shape index (κ1) is 17.6. The maximum absolute atomic E-state index is 12.9. The molecule has 0 saturated carbocycles. The van der Waals surface area contributed by atoms with Gasteiger partial charge in [0, 0.05) is 12.6 Å². The Bertz CT molecular complexity index is 523. The molecule has 1 N–H and O–H groups in total. The number of unbranched alkanes of at least 4 members (excludes halogenated alkanes) is 1. The van der Waals surface area contributed by atoms with Crippen LogP contribution in [0, 0.1) is 6.92 Å². The zero-order valence-electron chi connectivity index (χ0n) is 12.7. The molecule has 1 unspecified atom stereocenters. The molecular formula is C14H25NO3S2. The number of aliphatic hydroxyl groups excluding tert-OH is 1. The molecule has 116 valence electrons. The van der Waals surface area contributed by atoms with Crippen molar-refractivity contribution in [2.24, 2.45) is 0 Å². The van der Waals surface area contributed by atoms with E-state index < -0.39 is 10.0 Å². The van der Waals surface area contributed by atoms with Gasteiger partial charge in [0.1, 0.15) is 4.90 Å². The summed E-state index contributed by atoms with van der Waals surface area (Å²) in [6.45, 7) is 8.08. The van der Waals surface area contributed by atoms with Crippen molar-refractivity contribution in [1.29, 1.82) is 0 Å². The number of aryl methyl sites for hydroxylation is 1. The van der Waals surface area contributed by atoms with Crippen molar-refractivity contribution in [2.75, 3.05) is 6.54 Å². The molecular weight excluding hydrogens is 294 g/mol. The first-order chi connectivity index (χ1) is 9.39. The second kappa shape index (κ2) is 7.54. The predicted octanol–water partition coefficient (Wildman–Crippen LogP) is 3.14. The van der Waals surface area contributed by atoms with Gasteiger partial charge in [0.05, 0.1) is 11.5 Å². The highest BCUT2D eigenvalue weighted by Gasteiger charge is 2.31. The molecule has 0 aromatic carbocycles. The molecule has 0 aliphatic rings. The summed E-state index contributed by atoms with van der Waals surface area (Å²) in [5.74, 6) is 0. The molecule has 0 aliphatic heterocycles. The first-order valence-electron chi connectivity index (χ1n) is 7.09. The maximum Gasteiger partial charge on any atom is 0.244 e. The van der Waals surface area contributed by atoms with E-state index in [2.05, 4.69) is 6.92 Å². The summed E-state index contributed by atoms with van der Waals surface area (Å²) in [5, 5.41) is 11.2. The molecule has 0 bridgehead atoms. The van der Waals surface area contributed by atoms with Gasteiger partial charge in [-0.3, -0.25) is 0 Å². The van der Waals surface area contributed by atoms with E-state index in [1.54, 1.807) is 16.6 Å². The molecule has 0 radical (unpaired) electrons. The van der Waals surface area contributed by atoms with E-state index in [-0.39, 0.29) is 12.6 Å². The van der Waals surface area contributed by atoms with Crippen LogP contribution in [0.1, 0.15) is 50.5 Å². The molecule has 0 spiro atoms. The lowest BCUT2D eigenvalue weighted by Crippen LogP contribution is -2.39. The van der Waals surface area contributed by atoms with Gasteiger partial charge >= 0.3 is 0 Å². The Morgan fingerprint density at radius 3 is 2.55 bits per heavy atom. The molecule has 0 amide bonds. The molecule has 4 nitrogen and oxygen atoms in total. The van der Waals surface area contributed by atoms with Crippen molar-refractivity contribution in [3.8, 4) is 0 Å². The topological polar surface area (TPSA) is 57.6 Å². The van der Waals surface area contributed by atoms with Gasteiger partial charge in [-0.05, 0) is 37.6 Å². The molecule has 0 fully saturated rings. The molecule has 1 atom stereocenters. The first-order valence-corrected chi connectivity index (χ1v) is 9.41. The summed E-state index contributed by atoms with van der Waals surface area (Å²) < 4.78 is 27.4. The highest BCUT2D eigenvalue weighted by molar-refractivity contribution is 7.89. The lowest BCUT2D eigenvalue weighted by atomic mass is 10.2. The zero-order valence-corrected chi connectivity index (χ0v) is 14.4. The molecule has 20 heavy (non-hydrogen) atoms. The van der Waals surface area contributed by atoms with Crippen LogP contribution >= 0.6 is 11.3 Å². The second-order valence-electron chi connectivity index (χ2n) is 5.06. The van der Waals surface area contributed by atoms with Crippen LogP contribution in [0.15, 0.2) is 10.3 Å². The summed E-state index contributed by atoms with van der Waals surface area (Å²) in [4.78, 5) is 0.841. The number of thiophene rings is 1. The van der Waals surface area contributed by atoms with E-state index in [0.29, 0.717) is 16.3 Å². The van der Waals surface area contributed by atoms with Gasteiger partial charge < -0.3 is 5.11 Å². The number of hydrogen-bond acceptors (Lipinski definition) is 4. The quantitative estimate of drug-likeness (QED) is 0.801. The highest BCUT2D eigenvalue weighted by Crippen LogP contribution is 2.31. The van der Waals surface area contributed by atoms with E-state index >= 15 is 0 Å². The average Bonchev–Trinajstić information content (AvgIpc) is 2.80. The Morgan fingerprint density at radius 2 is 2.05 bits per heavy atom. The van der Waals surface area contributed by atoms with Gasteiger partial charge in [0.2, 0.25) is 10.0 Å². The van der Waals surface area contributed by atoms with Gasteiger partial charge in [0.15, 0.2) is 0 Å². The van der Waals surface area contributed by atoms with Crippen LogP contribution in [0.25, 0.3) is 0 Å².